The third-order valence-electron chi connectivity index (χ3n) is 8.96. The van der Waals surface area contributed by atoms with Gasteiger partial charge in [0.25, 0.3) is 0 Å². The molecule has 0 atom stereocenters. The number of fused-ring (bicyclic) bond motifs is 3. The summed E-state index contributed by atoms with van der Waals surface area (Å²) in [6.45, 7) is 0. The number of hydrogen-bond donors (Lipinski definition) is 0. The van der Waals surface area contributed by atoms with Gasteiger partial charge in [-0.1, -0.05) is 164 Å². The molecule has 0 bridgehead atoms. The summed E-state index contributed by atoms with van der Waals surface area (Å²) < 4.78 is 2.56. The van der Waals surface area contributed by atoms with Crippen LogP contribution in [0.15, 0.2) is 176 Å². The summed E-state index contributed by atoms with van der Waals surface area (Å²) in [5, 5.41) is 2.56. The molecular weight excluding hydrogens is 615 g/mol. The maximum Gasteiger partial charge on any atom is 0.164 e. The molecule has 7 aromatic carbocycles. The van der Waals surface area contributed by atoms with Crippen LogP contribution in [0.3, 0.4) is 0 Å². The zero-order valence-corrected chi connectivity index (χ0v) is 27.3. The summed E-state index contributed by atoms with van der Waals surface area (Å²) in [6.07, 6.45) is 0. The summed E-state index contributed by atoms with van der Waals surface area (Å²) in [7, 11) is 0. The number of aromatic nitrogens is 3. The molecule has 0 amide bonds. The lowest BCUT2D eigenvalue weighted by molar-refractivity contribution is 1.07. The molecule has 3 nitrogen and oxygen atoms in total. The van der Waals surface area contributed by atoms with Gasteiger partial charge in [-0.15, -0.1) is 11.3 Å². The highest BCUT2D eigenvalue weighted by atomic mass is 32.1. The topological polar surface area (TPSA) is 38.7 Å². The Morgan fingerprint density at radius 2 is 0.776 bits per heavy atom. The Kier molecular flexibility index (Phi) is 7.34. The number of benzene rings is 7. The van der Waals surface area contributed by atoms with Crippen LogP contribution in [0.25, 0.3) is 87.7 Å². The molecule has 4 heteroatoms. The molecule has 2 heterocycles. The van der Waals surface area contributed by atoms with Crippen LogP contribution in [0.4, 0.5) is 0 Å². The molecule has 0 aliphatic carbocycles. The minimum absolute atomic E-state index is 0.647. The van der Waals surface area contributed by atoms with E-state index in [1.54, 1.807) is 0 Å². The van der Waals surface area contributed by atoms with Gasteiger partial charge in [-0.25, -0.2) is 15.0 Å². The van der Waals surface area contributed by atoms with Gasteiger partial charge in [0.15, 0.2) is 17.5 Å². The van der Waals surface area contributed by atoms with Crippen molar-refractivity contribution in [1.29, 1.82) is 0 Å². The van der Waals surface area contributed by atoms with E-state index < -0.39 is 0 Å². The molecule has 0 N–H and O–H groups in total. The Labute approximate surface area is 288 Å². The predicted octanol–water partition coefficient (Wildman–Crippen LogP) is 12.2. The minimum atomic E-state index is 0.647. The van der Waals surface area contributed by atoms with Gasteiger partial charge in [0, 0.05) is 36.9 Å². The fourth-order valence-corrected chi connectivity index (χ4v) is 7.73. The van der Waals surface area contributed by atoms with Crippen LogP contribution >= 0.6 is 11.3 Å². The van der Waals surface area contributed by atoms with Crippen molar-refractivity contribution >= 4 is 31.5 Å². The lowest BCUT2D eigenvalue weighted by Crippen LogP contribution is -2.00. The number of nitrogens with zero attached hydrogens (tertiary/aromatic N) is 3. The van der Waals surface area contributed by atoms with E-state index in [2.05, 4.69) is 140 Å². The van der Waals surface area contributed by atoms with Crippen LogP contribution < -0.4 is 0 Å². The fourth-order valence-electron chi connectivity index (χ4n) is 6.45. The van der Waals surface area contributed by atoms with Crippen molar-refractivity contribution in [3.63, 3.8) is 0 Å². The van der Waals surface area contributed by atoms with Gasteiger partial charge in [-0.2, -0.15) is 0 Å². The molecule has 9 aromatic rings. The van der Waals surface area contributed by atoms with Gasteiger partial charge in [0.2, 0.25) is 0 Å². The molecule has 0 saturated carbocycles. The van der Waals surface area contributed by atoms with Crippen LogP contribution in [0.5, 0.6) is 0 Å². The Hall–Kier alpha value is -6.23. The first-order valence-electron chi connectivity index (χ1n) is 16.4. The second-order valence-corrected chi connectivity index (χ2v) is 13.1. The first-order chi connectivity index (χ1) is 24.3. The van der Waals surface area contributed by atoms with Gasteiger partial charge < -0.3 is 0 Å². The first-order valence-corrected chi connectivity index (χ1v) is 17.2. The summed E-state index contributed by atoms with van der Waals surface area (Å²) >= 11 is 1.85. The number of rotatable bonds is 6. The maximum absolute atomic E-state index is 5.05. The Morgan fingerprint density at radius 3 is 1.45 bits per heavy atom. The van der Waals surface area contributed by atoms with Crippen molar-refractivity contribution in [1.82, 2.24) is 15.0 Å². The molecule has 0 radical (unpaired) electrons. The van der Waals surface area contributed by atoms with Crippen LogP contribution in [0.1, 0.15) is 0 Å². The second kappa shape index (κ2) is 12.4. The minimum Gasteiger partial charge on any atom is -0.208 e. The van der Waals surface area contributed by atoms with E-state index in [-0.39, 0.29) is 0 Å². The third kappa shape index (κ3) is 5.58. The summed E-state index contributed by atoms with van der Waals surface area (Å²) in [5.74, 6) is 1.95. The van der Waals surface area contributed by atoms with E-state index in [0.29, 0.717) is 17.5 Å². The highest BCUT2D eigenvalue weighted by Gasteiger charge is 2.15. The van der Waals surface area contributed by atoms with Crippen LogP contribution in [-0.4, -0.2) is 15.0 Å². The molecule has 230 valence electrons. The van der Waals surface area contributed by atoms with E-state index in [1.165, 1.54) is 42.4 Å². The van der Waals surface area contributed by atoms with E-state index in [9.17, 15) is 0 Å². The Bertz CT molecular complexity index is 2580. The largest absolute Gasteiger partial charge is 0.208 e. The molecular formula is C45H29N3S. The lowest BCUT2D eigenvalue weighted by atomic mass is 9.99. The lowest BCUT2D eigenvalue weighted by Gasteiger charge is -2.10. The van der Waals surface area contributed by atoms with Gasteiger partial charge in [-0.05, 0) is 45.5 Å². The van der Waals surface area contributed by atoms with Crippen molar-refractivity contribution in [2.24, 2.45) is 0 Å². The molecule has 0 saturated heterocycles. The van der Waals surface area contributed by atoms with Crippen molar-refractivity contribution in [3.05, 3.63) is 176 Å². The van der Waals surface area contributed by atoms with Gasteiger partial charge in [0.05, 0.1) is 0 Å². The Morgan fingerprint density at radius 1 is 0.306 bits per heavy atom. The van der Waals surface area contributed by atoms with Crippen molar-refractivity contribution < 1.29 is 0 Å². The van der Waals surface area contributed by atoms with Crippen LogP contribution in [0.2, 0.25) is 0 Å². The molecule has 2 aromatic heterocycles. The smallest absolute Gasteiger partial charge is 0.164 e. The predicted molar refractivity (Wildman–Crippen MR) is 205 cm³/mol. The molecule has 49 heavy (non-hydrogen) atoms. The zero-order chi connectivity index (χ0) is 32.6. The number of hydrogen-bond acceptors (Lipinski definition) is 4. The van der Waals surface area contributed by atoms with Gasteiger partial charge in [-0.3, -0.25) is 0 Å². The first kappa shape index (κ1) is 29.0. The van der Waals surface area contributed by atoms with Gasteiger partial charge >= 0.3 is 0 Å². The van der Waals surface area contributed by atoms with Crippen molar-refractivity contribution in [2.75, 3.05) is 0 Å². The average molecular weight is 644 g/mol. The third-order valence-corrected chi connectivity index (χ3v) is 10.2. The molecule has 0 aliphatic rings. The molecule has 0 unspecified atom stereocenters. The Balaban J connectivity index is 1.14. The van der Waals surface area contributed by atoms with Crippen LogP contribution in [0, 0.1) is 0 Å². The van der Waals surface area contributed by atoms with Crippen molar-refractivity contribution in [2.45, 2.75) is 0 Å². The quantitative estimate of drug-likeness (QED) is 0.181. The highest BCUT2D eigenvalue weighted by Crippen LogP contribution is 2.42. The maximum atomic E-state index is 5.05. The SMILES string of the molecule is c1ccc(-c2ccc(-c3nc(-c4ccccc4)nc(-c4cccc(-c5cccc6c5sc5cc(-c7ccccc7)ccc56)c4)n3)cc2)cc1. The molecule has 0 fully saturated rings. The van der Waals surface area contributed by atoms with E-state index in [1.807, 2.05) is 47.7 Å². The summed E-state index contributed by atoms with van der Waals surface area (Å²) in [4.78, 5) is 15.0. The highest BCUT2D eigenvalue weighted by molar-refractivity contribution is 7.26. The summed E-state index contributed by atoms with van der Waals surface area (Å²) in [5.41, 5.74) is 9.98. The molecule has 0 aliphatic heterocycles. The number of thiophene rings is 1. The van der Waals surface area contributed by atoms with Crippen molar-refractivity contribution in [3.8, 4) is 67.5 Å². The monoisotopic (exact) mass is 643 g/mol. The molecule has 9 rings (SSSR count). The summed E-state index contributed by atoms with van der Waals surface area (Å²) in [6, 6.07) is 61.6. The standard InChI is InChI=1S/C45H29N3S/c1-4-12-30(13-5-1)32-22-24-34(25-23-32)44-46-43(33-16-8-3-9-17-33)47-45(48-44)37-19-10-18-36(28-37)38-20-11-21-40-39-27-26-35(29-41(39)49-42(38)40)31-14-6-2-7-15-31/h1-29H. The van der Waals surface area contributed by atoms with E-state index in [0.717, 1.165) is 27.8 Å². The van der Waals surface area contributed by atoms with E-state index in [4.69, 9.17) is 15.0 Å². The van der Waals surface area contributed by atoms with E-state index >= 15 is 0 Å². The normalized spacial score (nSPS) is 11.3. The fraction of sp³-hybridized carbons (Fsp3) is 0. The van der Waals surface area contributed by atoms with Gasteiger partial charge in [0.1, 0.15) is 0 Å². The second-order valence-electron chi connectivity index (χ2n) is 12.1. The van der Waals surface area contributed by atoms with Crippen LogP contribution in [-0.2, 0) is 0 Å². The zero-order valence-electron chi connectivity index (χ0n) is 26.5. The molecule has 0 spiro atoms. The average Bonchev–Trinajstić information content (AvgIpc) is 3.57.